The first kappa shape index (κ1) is 15.4. The lowest BCUT2D eigenvalue weighted by Crippen LogP contribution is -2.71. The zero-order valence-corrected chi connectivity index (χ0v) is 13.9. The van der Waals surface area contributed by atoms with Gasteiger partial charge in [-0.2, -0.15) is 0 Å². The van der Waals surface area contributed by atoms with Crippen molar-refractivity contribution in [1.29, 1.82) is 0 Å². The summed E-state index contributed by atoms with van der Waals surface area (Å²) in [6.07, 6.45) is 5.55. The van der Waals surface area contributed by atoms with Crippen LogP contribution in [-0.2, 0) is 4.74 Å². The number of aromatic nitrogens is 2. The van der Waals surface area contributed by atoms with Crippen molar-refractivity contribution < 1.29 is 9.53 Å². The number of likely N-dealkylation sites (tertiary alicyclic amines) is 1. The van der Waals surface area contributed by atoms with Crippen molar-refractivity contribution in [3.8, 4) is 5.82 Å². The van der Waals surface area contributed by atoms with Crippen LogP contribution in [0.2, 0.25) is 0 Å². The molecule has 1 amide bonds. The van der Waals surface area contributed by atoms with Gasteiger partial charge >= 0.3 is 0 Å². The van der Waals surface area contributed by atoms with Gasteiger partial charge in [0, 0.05) is 50.3 Å². The molecule has 0 bridgehead atoms. The molecule has 0 spiro atoms. The SMILES string of the molecule is CC1(N2CCOCC2)CN(C(=O)c2ccnc(-n3cccc3)c2)C1. The van der Waals surface area contributed by atoms with Crippen LogP contribution < -0.4 is 0 Å². The predicted octanol–water partition coefficient (Wildman–Crippen LogP) is 1.42. The standard InChI is InChI=1S/C18H22N4O2/c1-18(22-8-10-24-11-9-22)13-21(14-18)17(23)15-4-5-19-16(12-15)20-6-2-3-7-20/h2-7,12H,8-11,13-14H2,1H3. The Hall–Kier alpha value is -2.18. The first-order chi connectivity index (χ1) is 11.7. The van der Waals surface area contributed by atoms with Crippen molar-refractivity contribution in [2.75, 3.05) is 39.4 Å². The molecule has 4 rings (SSSR count). The van der Waals surface area contributed by atoms with Crippen LogP contribution in [0.15, 0.2) is 42.9 Å². The summed E-state index contributed by atoms with van der Waals surface area (Å²) >= 11 is 0. The molecular weight excluding hydrogens is 304 g/mol. The lowest BCUT2D eigenvalue weighted by Gasteiger charge is -2.55. The lowest BCUT2D eigenvalue weighted by molar-refractivity contribution is -0.0739. The Labute approximate surface area is 141 Å². The summed E-state index contributed by atoms with van der Waals surface area (Å²) in [6.45, 7) is 7.25. The molecule has 0 radical (unpaired) electrons. The highest BCUT2D eigenvalue weighted by Crippen LogP contribution is 2.29. The van der Waals surface area contributed by atoms with Gasteiger partial charge in [0.05, 0.1) is 18.8 Å². The second kappa shape index (κ2) is 6.03. The third-order valence-electron chi connectivity index (χ3n) is 4.99. The highest BCUT2D eigenvalue weighted by Gasteiger charge is 2.46. The van der Waals surface area contributed by atoms with E-state index in [0.29, 0.717) is 5.56 Å². The number of hydrogen-bond acceptors (Lipinski definition) is 4. The van der Waals surface area contributed by atoms with E-state index >= 15 is 0 Å². The molecule has 0 saturated carbocycles. The van der Waals surface area contributed by atoms with Crippen LogP contribution in [0.3, 0.4) is 0 Å². The molecule has 0 unspecified atom stereocenters. The van der Waals surface area contributed by atoms with Crippen LogP contribution in [0.1, 0.15) is 17.3 Å². The van der Waals surface area contributed by atoms with Crippen molar-refractivity contribution >= 4 is 5.91 Å². The molecule has 0 aromatic carbocycles. The third kappa shape index (κ3) is 2.72. The van der Waals surface area contributed by atoms with Crippen molar-refractivity contribution in [2.24, 2.45) is 0 Å². The molecule has 2 aliphatic rings. The number of carbonyl (C=O) groups is 1. The highest BCUT2D eigenvalue weighted by molar-refractivity contribution is 5.95. The minimum atomic E-state index is 0.0791. The van der Waals surface area contributed by atoms with E-state index in [1.54, 1.807) is 12.3 Å². The monoisotopic (exact) mass is 326 g/mol. The summed E-state index contributed by atoms with van der Waals surface area (Å²) in [5.41, 5.74) is 0.771. The molecule has 4 heterocycles. The van der Waals surface area contributed by atoms with Crippen molar-refractivity contribution in [1.82, 2.24) is 19.4 Å². The minimum Gasteiger partial charge on any atom is -0.379 e. The number of morpholine rings is 1. The van der Waals surface area contributed by atoms with Crippen LogP contribution in [0.25, 0.3) is 5.82 Å². The largest absolute Gasteiger partial charge is 0.379 e. The number of carbonyl (C=O) groups excluding carboxylic acids is 1. The van der Waals surface area contributed by atoms with Crippen LogP contribution in [0.5, 0.6) is 0 Å². The number of pyridine rings is 1. The average Bonchev–Trinajstić information content (AvgIpc) is 3.14. The normalized spacial score (nSPS) is 20.6. The molecule has 0 N–H and O–H groups in total. The van der Waals surface area contributed by atoms with Crippen molar-refractivity contribution in [3.63, 3.8) is 0 Å². The fraction of sp³-hybridized carbons (Fsp3) is 0.444. The van der Waals surface area contributed by atoms with Crippen molar-refractivity contribution in [3.05, 3.63) is 48.4 Å². The molecule has 2 fully saturated rings. The molecule has 2 aromatic heterocycles. The second-order valence-corrected chi connectivity index (χ2v) is 6.75. The summed E-state index contributed by atoms with van der Waals surface area (Å²) in [5, 5.41) is 0. The zero-order chi connectivity index (χ0) is 16.6. The van der Waals surface area contributed by atoms with E-state index < -0.39 is 0 Å². The number of amides is 1. The van der Waals surface area contributed by atoms with E-state index in [1.165, 1.54) is 0 Å². The Morgan fingerprint density at radius 1 is 1.21 bits per heavy atom. The van der Waals surface area contributed by atoms with E-state index in [2.05, 4.69) is 16.8 Å². The molecule has 0 atom stereocenters. The Morgan fingerprint density at radius 3 is 2.62 bits per heavy atom. The third-order valence-corrected chi connectivity index (χ3v) is 4.99. The molecule has 2 saturated heterocycles. The fourth-order valence-electron chi connectivity index (χ4n) is 3.59. The maximum absolute atomic E-state index is 12.8. The number of nitrogens with zero attached hydrogens (tertiary/aromatic N) is 4. The quantitative estimate of drug-likeness (QED) is 0.856. The summed E-state index contributed by atoms with van der Waals surface area (Å²) in [4.78, 5) is 21.5. The maximum atomic E-state index is 12.8. The smallest absolute Gasteiger partial charge is 0.254 e. The van der Waals surface area contributed by atoms with Crippen LogP contribution >= 0.6 is 0 Å². The Morgan fingerprint density at radius 2 is 1.92 bits per heavy atom. The summed E-state index contributed by atoms with van der Waals surface area (Å²) in [7, 11) is 0. The van der Waals surface area contributed by atoms with E-state index in [1.807, 2.05) is 40.1 Å². The van der Waals surface area contributed by atoms with Crippen LogP contribution in [-0.4, -0.2) is 70.2 Å². The lowest BCUT2D eigenvalue weighted by atomic mass is 9.89. The van der Waals surface area contributed by atoms with Crippen LogP contribution in [0, 0.1) is 0 Å². The Bertz CT molecular complexity index is 716. The van der Waals surface area contributed by atoms with Gasteiger partial charge in [-0.05, 0) is 31.2 Å². The van der Waals surface area contributed by atoms with Crippen LogP contribution in [0.4, 0.5) is 0 Å². The van der Waals surface area contributed by atoms with Gasteiger partial charge in [0.25, 0.3) is 5.91 Å². The number of rotatable bonds is 3. The van der Waals surface area contributed by atoms with Crippen molar-refractivity contribution in [2.45, 2.75) is 12.5 Å². The molecule has 24 heavy (non-hydrogen) atoms. The van der Waals surface area contributed by atoms with Gasteiger partial charge in [0.15, 0.2) is 0 Å². The van der Waals surface area contributed by atoms with Gasteiger partial charge < -0.3 is 14.2 Å². The average molecular weight is 326 g/mol. The fourth-order valence-corrected chi connectivity index (χ4v) is 3.59. The molecule has 0 aliphatic carbocycles. The zero-order valence-electron chi connectivity index (χ0n) is 13.9. The van der Waals surface area contributed by atoms with E-state index in [4.69, 9.17) is 4.74 Å². The first-order valence-electron chi connectivity index (χ1n) is 8.37. The topological polar surface area (TPSA) is 50.6 Å². The van der Waals surface area contributed by atoms with E-state index in [9.17, 15) is 4.79 Å². The minimum absolute atomic E-state index is 0.0791. The first-order valence-corrected chi connectivity index (χ1v) is 8.37. The second-order valence-electron chi connectivity index (χ2n) is 6.75. The van der Waals surface area contributed by atoms with E-state index in [-0.39, 0.29) is 11.4 Å². The maximum Gasteiger partial charge on any atom is 0.254 e. The summed E-state index contributed by atoms with van der Waals surface area (Å²) in [5.74, 6) is 0.846. The molecule has 6 heteroatoms. The molecule has 2 aliphatic heterocycles. The van der Waals surface area contributed by atoms with Gasteiger partial charge in [0.1, 0.15) is 5.82 Å². The Balaban J connectivity index is 1.45. The molecule has 2 aromatic rings. The van der Waals surface area contributed by atoms with Gasteiger partial charge in [-0.25, -0.2) is 4.98 Å². The molecule has 6 nitrogen and oxygen atoms in total. The van der Waals surface area contributed by atoms with Gasteiger partial charge in [0.2, 0.25) is 0 Å². The predicted molar refractivity (Wildman–Crippen MR) is 90.3 cm³/mol. The Kier molecular flexibility index (Phi) is 3.86. The summed E-state index contributed by atoms with van der Waals surface area (Å²) in [6, 6.07) is 7.53. The van der Waals surface area contributed by atoms with Gasteiger partial charge in [-0.3, -0.25) is 9.69 Å². The number of hydrogen-bond donors (Lipinski definition) is 0. The van der Waals surface area contributed by atoms with E-state index in [0.717, 1.165) is 45.2 Å². The van der Waals surface area contributed by atoms with Gasteiger partial charge in [-0.1, -0.05) is 0 Å². The van der Waals surface area contributed by atoms with Gasteiger partial charge in [-0.15, -0.1) is 0 Å². The highest BCUT2D eigenvalue weighted by atomic mass is 16.5. The number of ether oxygens (including phenoxy) is 1. The molecule has 126 valence electrons. The summed E-state index contributed by atoms with van der Waals surface area (Å²) < 4.78 is 7.33. The molecular formula is C18H22N4O2.